The molecule has 3 amide bonds. The first-order valence-corrected chi connectivity index (χ1v) is 11.8. The standard InChI is InChI=1S/C22H21N3O5S/c26-20-14-23(13-19-16-6-2-1-5-15(16)9-10-24(19)20)31(29,30)12-11-25-21(27)17-7-3-4-8-18(17)22(25)28/h1-8,19H,9-14H2. The Kier molecular flexibility index (Phi) is 4.67. The molecule has 2 aromatic carbocycles. The lowest BCUT2D eigenvalue weighted by atomic mass is 9.91. The molecule has 5 rings (SSSR count). The number of nitrogens with zero attached hydrogens (tertiary/aromatic N) is 3. The molecule has 0 bridgehead atoms. The van der Waals surface area contributed by atoms with Crippen LogP contribution in [0.15, 0.2) is 48.5 Å². The third kappa shape index (κ3) is 3.24. The highest BCUT2D eigenvalue weighted by atomic mass is 32.2. The molecule has 0 radical (unpaired) electrons. The first kappa shape index (κ1) is 19.9. The van der Waals surface area contributed by atoms with E-state index < -0.39 is 27.6 Å². The van der Waals surface area contributed by atoms with Crippen molar-refractivity contribution >= 4 is 27.7 Å². The molecular formula is C22H21N3O5S. The Morgan fingerprint density at radius 2 is 1.55 bits per heavy atom. The van der Waals surface area contributed by atoms with Crippen LogP contribution in [0.5, 0.6) is 0 Å². The minimum absolute atomic E-state index is 0.174. The molecule has 0 aromatic heterocycles. The summed E-state index contributed by atoms with van der Waals surface area (Å²) >= 11 is 0. The molecule has 3 heterocycles. The Bertz CT molecular complexity index is 1170. The largest absolute Gasteiger partial charge is 0.333 e. The van der Waals surface area contributed by atoms with E-state index in [9.17, 15) is 22.8 Å². The third-order valence-corrected chi connectivity index (χ3v) is 8.03. The summed E-state index contributed by atoms with van der Waals surface area (Å²) < 4.78 is 27.3. The molecule has 0 saturated carbocycles. The highest BCUT2D eigenvalue weighted by molar-refractivity contribution is 7.89. The van der Waals surface area contributed by atoms with E-state index in [0.717, 1.165) is 22.4 Å². The lowest BCUT2D eigenvalue weighted by molar-refractivity contribution is -0.138. The zero-order valence-electron chi connectivity index (χ0n) is 16.7. The second-order valence-corrected chi connectivity index (χ2v) is 10.1. The number of sulfonamides is 1. The van der Waals surface area contributed by atoms with Gasteiger partial charge in [0, 0.05) is 19.6 Å². The molecular weight excluding hydrogens is 418 g/mol. The number of hydrogen-bond donors (Lipinski definition) is 0. The molecule has 1 saturated heterocycles. The van der Waals surface area contributed by atoms with E-state index in [4.69, 9.17) is 0 Å². The van der Waals surface area contributed by atoms with Gasteiger partial charge in [-0.15, -0.1) is 0 Å². The van der Waals surface area contributed by atoms with Crippen LogP contribution < -0.4 is 0 Å². The summed E-state index contributed by atoms with van der Waals surface area (Å²) in [5.41, 5.74) is 2.67. The molecule has 160 valence electrons. The first-order valence-electron chi connectivity index (χ1n) is 10.2. The van der Waals surface area contributed by atoms with E-state index in [1.165, 1.54) is 4.31 Å². The molecule has 1 fully saturated rings. The summed E-state index contributed by atoms with van der Waals surface area (Å²) in [6.45, 7) is 0.282. The van der Waals surface area contributed by atoms with Crippen LogP contribution in [0.25, 0.3) is 0 Å². The third-order valence-electron chi connectivity index (χ3n) is 6.27. The van der Waals surface area contributed by atoms with Gasteiger partial charge in [0.05, 0.1) is 29.5 Å². The van der Waals surface area contributed by atoms with Crippen molar-refractivity contribution in [2.24, 2.45) is 0 Å². The Hall–Kier alpha value is -3.04. The van der Waals surface area contributed by atoms with Crippen molar-refractivity contribution in [3.8, 4) is 0 Å². The number of carbonyl (C=O) groups is 3. The number of benzene rings is 2. The quantitative estimate of drug-likeness (QED) is 0.664. The van der Waals surface area contributed by atoms with Gasteiger partial charge in [-0.05, 0) is 29.7 Å². The van der Waals surface area contributed by atoms with Gasteiger partial charge < -0.3 is 4.90 Å². The van der Waals surface area contributed by atoms with Crippen LogP contribution in [0.2, 0.25) is 0 Å². The smallest absolute Gasteiger partial charge is 0.261 e. The lowest BCUT2D eigenvalue weighted by Crippen LogP contribution is -2.56. The highest BCUT2D eigenvalue weighted by Gasteiger charge is 2.42. The fourth-order valence-electron chi connectivity index (χ4n) is 4.64. The monoisotopic (exact) mass is 439 g/mol. The minimum atomic E-state index is -3.85. The van der Waals surface area contributed by atoms with Crippen LogP contribution >= 0.6 is 0 Å². The average molecular weight is 439 g/mol. The van der Waals surface area contributed by atoms with E-state index in [1.807, 2.05) is 24.3 Å². The van der Waals surface area contributed by atoms with E-state index in [1.54, 1.807) is 29.2 Å². The van der Waals surface area contributed by atoms with E-state index in [2.05, 4.69) is 0 Å². The van der Waals surface area contributed by atoms with Crippen molar-refractivity contribution < 1.29 is 22.8 Å². The SMILES string of the molecule is O=C1c2ccccc2C(=O)N1CCS(=O)(=O)N1CC(=O)N2CCc3ccccc3C2C1. The van der Waals surface area contributed by atoms with Crippen LogP contribution in [0.3, 0.4) is 0 Å². The van der Waals surface area contributed by atoms with Gasteiger partial charge in [0.25, 0.3) is 11.8 Å². The fourth-order valence-corrected chi connectivity index (χ4v) is 5.98. The number of amides is 3. The molecule has 9 heteroatoms. The summed E-state index contributed by atoms with van der Waals surface area (Å²) in [5, 5.41) is 0. The number of hydrogen-bond acceptors (Lipinski definition) is 5. The number of piperazine rings is 1. The summed E-state index contributed by atoms with van der Waals surface area (Å²) in [6, 6.07) is 13.9. The normalized spacial score (nSPS) is 21.2. The first-order chi connectivity index (χ1) is 14.9. The summed E-state index contributed by atoms with van der Waals surface area (Å²) in [7, 11) is -3.85. The molecule has 3 aliphatic rings. The second kappa shape index (κ2) is 7.28. The Balaban J connectivity index is 1.33. The molecule has 0 spiro atoms. The highest BCUT2D eigenvalue weighted by Crippen LogP contribution is 2.34. The van der Waals surface area contributed by atoms with Gasteiger partial charge in [0.15, 0.2) is 0 Å². The predicted octanol–water partition coefficient (Wildman–Crippen LogP) is 1.05. The maximum Gasteiger partial charge on any atom is 0.261 e. The number of rotatable bonds is 4. The topological polar surface area (TPSA) is 95.1 Å². The van der Waals surface area contributed by atoms with Gasteiger partial charge in [0.1, 0.15) is 0 Å². The molecule has 3 aliphatic heterocycles. The van der Waals surface area contributed by atoms with Crippen molar-refractivity contribution in [2.45, 2.75) is 12.5 Å². The molecule has 2 aromatic rings. The average Bonchev–Trinajstić information content (AvgIpc) is 3.02. The summed E-state index contributed by atoms with van der Waals surface area (Å²) in [4.78, 5) is 40.5. The van der Waals surface area contributed by atoms with Crippen molar-refractivity contribution in [2.75, 3.05) is 31.9 Å². The zero-order chi connectivity index (χ0) is 21.8. The van der Waals surface area contributed by atoms with Crippen molar-refractivity contribution in [1.82, 2.24) is 14.1 Å². The maximum atomic E-state index is 13.1. The van der Waals surface area contributed by atoms with Crippen LogP contribution in [0.4, 0.5) is 0 Å². The fraction of sp³-hybridized carbons (Fsp3) is 0.318. The van der Waals surface area contributed by atoms with E-state index in [-0.39, 0.29) is 42.7 Å². The van der Waals surface area contributed by atoms with Crippen molar-refractivity contribution in [1.29, 1.82) is 0 Å². The van der Waals surface area contributed by atoms with Gasteiger partial charge >= 0.3 is 0 Å². The molecule has 0 aliphatic carbocycles. The molecule has 31 heavy (non-hydrogen) atoms. The van der Waals surface area contributed by atoms with Gasteiger partial charge in [-0.3, -0.25) is 19.3 Å². The van der Waals surface area contributed by atoms with E-state index >= 15 is 0 Å². The van der Waals surface area contributed by atoms with Crippen molar-refractivity contribution in [3.05, 3.63) is 70.8 Å². The Morgan fingerprint density at radius 1 is 0.903 bits per heavy atom. The molecule has 1 atom stereocenters. The van der Waals surface area contributed by atoms with Gasteiger partial charge in [0.2, 0.25) is 15.9 Å². The van der Waals surface area contributed by atoms with Gasteiger partial charge in [-0.2, -0.15) is 4.31 Å². The summed E-state index contributed by atoms with van der Waals surface area (Å²) in [6.07, 6.45) is 0.755. The number of fused-ring (bicyclic) bond motifs is 4. The zero-order valence-corrected chi connectivity index (χ0v) is 17.5. The predicted molar refractivity (Wildman–Crippen MR) is 112 cm³/mol. The van der Waals surface area contributed by atoms with Crippen LogP contribution in [-0.4, -0.2) is 72.2 Å². The van der Waals surface area contributed by atoms with E-state index in [0.29, 0.717) is 6.54 Å². The maximum absolute atomic E-state index is 13.1. The second-order valence-electron chi connectivity index (χ2n) is 7.97. The number of carbonyl (C=O) groups excluding carboxylic acids is 3. The van der Waals surface area contributed by atoms with Crippen LogP contribution in [-0.2, 0) is 21.2 Å². The summed E-state index contributed by atoms with van der Waals surface area (Å²) in [5.74, 6) is -1.62. The van der Waals surface area contributed by atoms with Crippen LogP contribution in [0.1, 0.15) is 37.9 Å². The van der Waals surface area contributed by atoms with Gasteiger partial charge in [-0.1, -0.05) is 36.4 Å². The van der Waals surface area contributed by atoms with Crippen molar-refractivity contribution in [3.63, 3.8) is 0 Å². The molecule has 0 N–H and O–H groups in total. The Labute approximate surface area is 180 Å². The molecule has 8 nitrogen and oxygen atoms in total. The molecule has 1 unspecified atom stereocenters. The van der Waals surface area contributed by atoms with Gasteiger partial charge in [-0.25, -0.2) is 8.42 Å². The van der Waals surface area contributed by atoms with Crippen LogP contribution in [0, 0.1) is 0 Å². The Morgan fingerprint density at radius 3 is 2.26 bits per heavy atom. The number of imide groups is 1. The minimum Gasteiger partial charge on any atom is -0.333 e. The lowest BCUT2D eigenvalue weighted by Gasteiger charge is -2.44.